The maximum Gasteiger partial charge on any atom is 0.122 e. The molecule has 0 bridgehead atoms. The summed E-state index contributed by atoms with van der Waals surface area (Å²) < 4.78 is 5.90. The minimum atomic E-state index is 0.143. The molecule has 0 aromatic heterocycles. The lowest BCUT2D eigenvalue weighted by atomic mass is 9.74. The van der Waals surface area contributed by atoms with Crippen LogP contribution in [0.25, 0.3) is 0 Å². The number of hydrogen-bond donors (Lipinski definition) is 1. The molecule has 0 spiro atoms. The minimum absolute atomic E-state index is 0.143. The Labute approximate surface area is 104 Å². The maximum atomic E-state index is 6.02. The van der Waals surface area contributed by atoms with Crippen molar-refractivity contribution in [3.8, 4) is 5.75 Å². The van der Waals surface area contributed by atoms with E-state index in [1.54, 1.807) is 0 Å². The fourth-order valence-electron chi connectivity index (χ4n) is 2.71. The average molecular weight is 233 g/mol. The Bertz CT molecular complexity index is 377. The molecule has 0 aliphatic carbocycles. The molecule has 2 atom stereocenters. The molecular formula is C15H23NO. The highest BCUT2D eigenvalue weighted by Gasteiger charge is 2.35. The Morgan fingerprint density at radius 2 is 2.18 bits per heavy atom. The van der Waals surface area contributed by atoms with Gasteiger partial charge in [-0.1, -0.05) is 38.5 Å². The first-order valence-corrected chi connectivity index (χ1v) is 6.60. The summed E-state index contributed by atoms with van der Waals surface area (Å²) in [5.41, 5.74) is 7.47. The topological polar surface area (TPSA) is 35.2 Å². The van der Waals surface area contributed by atoms with E-state index in [1.165, 1.54) is 12.0 Å². The average Bonchev–Trinajstić information content (AvgIpc) is 2.38. The summed E-state index contributed by atoms with van der Waals surface area (Å²) in [6, 6.07) is 8.33. The Morgan fingerprint density at radius 1 is 1.41 bits per heavy atom. The third-order valence-corrected chi connectivity index (χ3v) is 3.98. The molecule has 2 N–H and O–H groups in total. The number of ether oxygens (including phenoxy) is 1. The molecule has 0 radical (unpaired) electrons. The van der Waals surface area contributed by atoms with Crippen molar-refractivity contribution in [2.24, 2.45) is 17.1 Å². The highest BCUT2D eigenvalue weighted by Crippen LogP contribution is 2.38. The van der Waals surface area contributed by atoms with Gasteiger partial charge in [-0.05, 0) is 30.4 Å². The first kappa shape index (κ1) is 12.4. The van der Waals surface area contributed by atoms with Gasteiger partial charge in [-0.15, -0.1) is 0 Å². The molecule has 1 aliphatic heterocycles. The van der Waals surface area contributed by atoms with E-state index >= 15 is 0 Å². The second-order valence-corrected chi connectivity index (χ2v) is 5.49. The van der Waals surface area contributed by atoms with Gasteiger partial charge < -0.3 is 10.5 Å². The zero-order chi connectivity index (χ0) is 12.3. The molecule has 1 aromatic rings. The van der Waals surface area contributed by atoms with Crippen LogP contribution in [0, 0.1) is 11.3 Å². The molecule has 2 unspecified atom stereocenters. The van der Waals surface area contributed by atoms with Gasteiger partial charge in [0.25, 0.3) is 0 Å². The third-order valence-electron chi connectivity index (χ3n) is 3.98. The van der Waals surface area contributed by atoms with Crippen LogP contribution in [0.15, 0.2) is 24.3 Å². The number of rotatable bonds is 4. The quantitative estimate of drug-likeness (QED) is 0.867. The normalized spacial score (nSPS) is 24.9. The predicted molar refractivity (Wildman–Crippen MR) is 71.2 cm³/mol. The van der Waals surface area contributed by atoms with Gasteiger partial charge in [0.05, 0.1) is 6.61 Å². The summed E-state index contributed by atoms with van der Waals surface area (Å²) in [4.78, 5) is 0. The van der Waals surface area contributed by atoms with Gasteiger partial charge in [-0.25, -0.2) is 0 Å². The van der Waals surface area contributed by atoms with Crippen molar-refractivity contribution in [1.29, 1.82) is 0 Å². The van der Waals surface area contributed by atoms with Crippen molar-refractivity contribution in [3.63, 3.8) is 0 Å². The number of fused-ring (bicyclic) bond motifs is 1. The molecule has 0 fully saturated rings. The molecule has 1 aromatic carbocycles. The van der Waals surface area contributed by atoms with Gasteiger partial charge in [-0.3, -0.25) is 0 Å². The van der Waals surface area contributed by atoms with Gasteiger partial charge in [0.15, 0.2) is 0 Å². The van der Waals surface area contributed by atoms with Crippen molar-refractivity contribution < 1.29 is 4.74 Å². The zero-order valence-electron chi connectivity index (χ0n) is 10.9. The van der Waals surface area contributed by atoms with E-state index < -0.39 is 0 Å². The van der Waals surface area contributed by atoms with Gasteiger partial charge in [0.2, 0.25) is 0 Å². The molecule has 1 aliphatic rings. The Kier molecular flexibility index (Phi) is 3.72. The fourth-order valence-corrected chi connectivity index (χ4v) is 2.71. The molecule has 1 heterocycles. The molecular weight excluding hydrogens is 210 g/mol. The Morgan fingerprint density at radius 3 is 2.88 bits per heavy atom. The van der Waals surface area contributed by atoms with E-state index in [2.05, 4.69) is 32.0 Å². The monoisotopic (exact) mass is 233 g/mol. The van der Waals surface area contributed by atoms with E-state index in [1.807, 2.05) is 6.07 Å². The van der Waals surface area contributed by atoms with E-state index in [0.29, 0.717) is 12.5 Å². The predicted octanol–water partition coefficient (Wildman–Crippen LogP) is 3.00. The van der Waals surface area contributed by atoms with Crippen LogP contribution in [0.3, 0.4) is 0 Å². The van der Waals surface area contributed by atoms with Crippen LogP contribution >= 0.6 is 0 Å². The van der Waals surface area contributed by atoms with Crippen LogP contribution in [0.2, 0.25) is 0 Å². The third kappa shape index (κ3) is 2.63. The summed E-state index contributed by atoms with van der Waals surface area (Å²) in [7, 11) is 0. The zero-order valence-corrected chi connectivity index (χ0v) is 10.9. The number of para-hydroxylation sites is 1. The van der Waals surface area contributed by atoms with Crippen LogP contribution in [0.4, 0.5) is 0 Å². The minimum Gasteiger partial charge on any atom is -0.493 e. The number of nitrogens with two attached hydrogens (primary N) is 1. The summed E-state index contributed by atoms with van der Waals surface area (Å²) in [6.45, 7) is 6.03. The van der Waals surface area contributed by atoms with E-state index in [4.69, 9.17) is 10.5 Å². The lowest BCUT2D eigenvalue weighted by Gasteiger charge is -2.38. The van der Waals surface area contributed by atoms with Crippen LogP contribution in [0.1, 0.15) is 32.3 Å². The van der Waals surface area contributed by atoms with Crippen LogP contribution in [0.5, 0.6) is 5.75 Å². The van der Waals surface area contributed by atoms with E-state index in [0.717, 1.165) is 25.2 Å². The largest absolute Gasteiger partial charge is 0.493 e. The summed E-state index contributed by atoms with van der Waals surface area (Å²) in [5, 5.41) is 0. The molecule has 2 rings (SSSR count). The smallest absolute Gasteiger partial charge is 0.122 e. The molecule has 94 valence electrons. The van der Waals surface area contributed by atoms with Crippen molar-refractivity contribution in [3.05, 3.63) is 29.8 Å². The second-order valence-electron chi connectivity index (χ2n) is 5.49. The van der Waals surface area contributed by atoms with Crippen molar-refractivity contribution in [1.82, 2.24) is 0 Å². The molecule has 0 saturated carbocycles. The summed E-state index contributed by atoms with van der Waals surface area (Å²) in [5.74, 6) is 1.76. The molecule has 2 nitrogen and oxygen atoms in total. The Balaban J connectivity index is 2.17. The van der Waals surface area contributed by atoms with Gasteiger partial charge >= 0.3 is 0 Å². The summed E-state index contributed by atoms with van der Waals surface area (Å²) >= 11 is 0. The first-order chi connectivity index (χ1) is 8.19. The lowest BCUT2D eigenvalue weighted by Crippen LogP contribution is -2.42. The summed E-state index contributed by atoms with van der Waals surface area (Å²) in [6.07, 6.45) is 3.43. The number of hydrogen-bond acceptors (Lipinski definition) is 2. The van der Waals surface area contributed by atoms with Crippen LogP contribution in [-0.2, 0) is 6.42 Å². The Hall–Kier alpha value is -1.02. The van der Waals surface area contributed by atoms with Crippen molar-refractivity contribution in [2.45, 2.75) is 33.1 Å². The van der Waals surface area contributed by atoms with Crippen molar-refractivity contribution >= 4 is 0 Å². The lowest BCUT2D eigenvalue weighted by molar-refractivity contribution is 0.0998. The maximum absolute atomic E-state index is 6.02. The highest BCUT2D eigenvalue weighted by molar-refractivity contribution is 5.36. The molecule has 17 heavy (non-hydrogen) atoms. The molecule has 0 amide bonds. The SMILES string of the molecule is CCC(C)CC1(CN)COc2ccccc2C1. The standard InChI is InChI=1S/C15H23NO/c1-3-12(2)8-15(10-16)9-13-6-4-5-7-14(13)17-11-15/h4-7,12H,3,8-11,16H2,1-2H3. The van der Waals surface area contributed by atoms with Crippen molar-refractivity contribution in [2.75, 3.05) is 13.2 Å². The fraction of sp³-hybridized carbons (Fsp3) is 0.600. The number of benzene rings is 1. The molecule has 0 saturated heterocycles. The van der Waals surface area contributed by atoms with Gasteiger partial charge in [0, 0.05) is 12.0 Å². The van der Waals surface area contributed by atoms with E-state index in [-0.39, 0.29) is 5.41 Å². The van der Waals surface area contributed by atoms with Gasteiger partial charge in [0.1, 0.15) is 5.75 Å². The van der Waals surface area contributed by atoms with Crippen LogP contribution in [-0.4, -0.2) is 13.2 Å². The first-order valence-electron chi connectivity index (χ1n) is 6.60. The van der Waals surface area contributed by atoms with Crippen LogP contribution < -0.4 is 10.5 Å². The molecule has 2 heteroatoms. The van der Waals surface area contributed by atoms with Gasteiger partial charge in [-0.2, -0.15) is 0 Å². The highest BCUT2D eigenvalue weighted by atomic mass is 16.5. The van der Waals surface area contributed by atoms with E-state index in [9.17, 15) is 0 Å². The second kappa shape index (κ2) is 5.09.